The summed E-state index contributed by atoms with van der Waals surface area (Å²) in [5.74, 6) is 0. The number of hydrogen-bond acceptors (Lipinski definition) is 2. The van der Waals surface area contributed by atoms with E-state index in [1.54, 1.807) is 10.7 Å². The Morgan fingerprint density at radius 3 is 2.76 bits per heavy atom. The molecule has 88 valence electrons. The average molecular weight is 268 g/mol. The second kappa shape index (κ2) is 3.15. The summed E-state index contributed by atoms with van der Waals surface area (Å²) in [6, 6.07) is 0. The molecule has 0 aliphatic heterocycles. The van der Waals surface area contributed by atoms with Crippen molar-refractivity contribution in [3.8, 4) is 0 Å². The van der Waals surface area contributed by atoms with Crippen molar-refractivity contribution in [3.63, 3.8) is 0 Å². The van der Waals surface area contributed by atoms with Gasteiger partial charge in [-0.15, -0.1) is 0 Å². The predicted molar refractivity (Wildman–Crippen MR) is 66.9 cm³/mol. The van der Waals surface area contributed by atoms with E-state index in [1.807, 2.05) is 0 Å². The fourth-order valence-corrected chi connectivity index (χ4v) is 3.67. The van der Waals surface area contributed by atoms with Gasteiger partial charge in [-0.3, -0.25) is 0 Å². The van der Waals surface area contributed by atoms with Crippen LogP contribution in [0.1, 0.15) is 36.9 Å². The van der Waals surface area contributed by atoms with Crippen molar-refractivity contribution in [1.82, 2.24) is 14.6 Å². The zero-order valence-corrected chi connectivity index (χ0v) is 10.7. The Hall–Kier alpha value is -0.800. The Labute approximate surface area is 109 Å². The van der Waals surface area contributed by atoms with E-state index in [-0.39, 0.29) is 0 Å². The van der Waals surface area contributed by atoms with E-state index in [2.05, 4.69) is 5.10 Å². The topological polar surface area (TPSA) is 30.2 Å². The Morgan fingerprint density at radius 1 is 1.24 bits per heavy atom. The van der Waals surface area contributed by atoms with Crippen LogP contribution in [0.3, 0.4) is 0 Å². The van der Waals surface area contributed by atoms with E-state index in [1.165, 1.54) is 36.9 Å². The smallest absolute Gasteiger partial charge is 0.175 e. The highest BCUT2D eigenvalue weighted by molar-refractivity contribution is 6.34. The lowest BCUT2D eigenvalue weighted by molar-refractivity contribution is 0.238. The van der Waals surface area contributed by atoms with Crippen LogP contribution in [0, 0.1) is 0 Å². The van der Waals surface area contributed by atoms with Gasteiger partial charge in [-0.1, -0.05) is 29.6 Å². The maximum absolute atomic E-state index is 6.41. The van der Waals surface area contributed by atoms with Crippen molar-refractivity contribution in [2.45, 2.75) is 37.5 Å². The molecule has 0 N–H and O–H groups in total. The van der Waals surface area contributed by atoms with Gasteiger partial charge in [0.25, 0.3) is 0 Å². The highest BCUT2D eigenvalue weighted by Crippen LogP contribution is 2.53. The molecule has 2 aromatic heterocycles. The first-order chi connectivity index (χ1) is 8.21. The Kier molecular flexibility index (Phi) is 1.88. The first kappa shape index (κ1) is 10.2. The van der Waals surface area contributed by atoms with Crippen molar-refractivity contribution < 1.29 is 0 Å². The van der Waals surface area contributed by atoms with Crippen LogP contribution in [0.25, 0.3) is 5.65 Å². The number of hydrogen-bond donors (Lipinski definition) is 0. The highest BCUT2D eigenvalue weighted by Gasteiger charge is 2.46. The minimum absolute atomic E-state index is 0.300. The van der Waals surface area contributed by atoms with Gasteiger partial charge in [0.15, 0.2) is 5.65 Å². The summed E-state index contributed by atoms with van der Waals surface area (Å²) in [5, 5.41) is 5.45. The lowest BCUT2D eigenvalue weighted by atomic mass is 9.67. The second-order valence-electron chi connectivity index (χ2n) is 5.09. The van der Waals surface area contributed by atoms with E-state index in [0.29, 0.717) is 21.2 Å². The maximum Gasteiger partial charge on any atom is 0.175 e. The first-order valence-corrected chi connectivity index (χ1v) is 6.69. The summed E-state index contributed by atoms with van der Waals surface area (Å²) in [6.45, 7) is 0. The molecule has 0 amide bonds. The summed E-state index contributed by atoms with van der Waals surface area (Å²) < 4.78 is 1.65. The predicted octanol–water partition coefficient (Wildman–Crippen LogP) is 3.40. The quantitative estimate of drug-likeness (QED) is 0.685. The fourth-order valence-electron chi connectivity index (χ4n) is 3.20. The summed E-state index contributed by atoms with van der Waals surface area (Å²) in [6.07, 6.45) is 7.60. The summed E-state index contributed by atoms with van der Waals surface area (Å²) in [7, 11) is 0. The van der Waals surface area contributed by atoms with E-state index < -0.39 is 0 Å². The zero-order chi connectivity index (χ0) is 11.6. The van der Waals surface area contributed by atoms with Gasteiger partial charge in [0.2, 0.25) is 0 Å². The average Bonchev–Trinajstić information content (AvgIpc) is 2.81. The molecule has 2 aromatic rings. The molecule has 0 unspecified atom stereocenters. The molecule has 1 saturated carbocycles. The molecule has 2 aliphatic carbocycles. The normalized spacial score (nSPS) is 20.8. The van der Waals surface area contributed by atoms with E-state index in [0.717, 1.165) is 6.42 Å². The monoisotopic (exact) mass is 267 g/mol. The molecular weight excluding hydrogens is 257 g/mol. The number of aromatic nitrogens is 3. The molecule has 2 aliphatic rings. The van der Waals surface area contributed by atoms with Gasteiger partial charge in [0.1, 0.15) is 10.2 Å². The third-order valence-electron chi connectivity index (χ3n) is 4.31. The Morgan fingerprint density at radius 2 is 2.06 bits per heavy atom. The summed E-state index contributed by atoms with van der Waals surface area (Å²) in [5.41, 5.74) is 3.36. The van der Waals surface area contributed by atoms with Crippen LogP contribution in [0.5, 0.6) is 0 Å². The third-order valence-corrected chi connectivity index (χ3v) is 4.96. The van der Waals surface area contributed by atoms with Crippen LogP contribution in [-0.2, 0) is 11.8 Å². The van der Waals surface area contributed by atoms with Gasteiger partial charge >= 0.3 is 0 Å². The van der Waals surface area contributed by atoms with Crippen LogP contribution in [0.2, 0.25) is 10.2 Å². The summed E-state index contributed by atoms with van der Waals surface area (Å²) >= 11 is 12.5. The molecule has 0 saturated heterocycles. The molecule has 4 rings (SSSR count). The number of rotatable bonds is 0. The first-order valence-electron chi connectivity index (χ1n) is 5.93. The number of nitrogens with zero attached hydrogens (tertiary/aromatic N) is 3. The van der Waals surface area contributed by atoms with Crippen molar-refractivity contribution in [1.29, 1.82) is 0 Å². The van der Waals surface area contributed by atoms with E-state index >= 15 is 0 Å². The van der Waals surface area contributed by atoms with Gasteiger partial charge < -0.3 is 0 Å². The van der Waals surface area contributed by atoms with Crippen LogP contribution in [0.4, 0.5) is 0 Å². The molecule has 0 aromatic carbocycles. The summed E-state index contributed by atoms with van der Waals surface area (Å²) in [4.78, 5) is 4.74. The molecule has 17 heavy (non-hydrogen) atoms. The molecule has 3 nitrogen and oxygen atoms in total. The lowest BCUT2D eigenvalue weighted by Crippen LogP contribution is -2.32. The van der Waals surface area contributed by atoms with Gasteiger partial charge in [-0.25, -0.2) is 9.50 Å². The molecule has 5 heteroatoms. The van der Waals surface area contributed by atoms with E-state index in [4.69, 9.17) is 28.2 Å². The molecule has 0 bridgehead atoms. The largest absolute Gasteiger partial charge is 0.231 e. The van der Waals surface area contributed by atoms with Crippen LogP contribution >= 0.6 is 23.2 Å². The van der Waals surface area contributed by atoms with Gasteiger partial charge in [0, 0.05) is 11.0 Å². The molecule has 0 atom stereocenters. The van der Waals surface area contributed by atoms with Gasteiger partial charge in [-0.2, -0.15) is 5.10 Å². The van der Waals surface area contributed by atoms with Crippen molar-refractivity contribution in [2.75, 3.05) is 0 Å². The minimum Gasteiger partial charge on any atom is -0.231 e. The second-order valence-corrected chi connectivity index (χ2v) is 5.86. The van der Waals surface area contributed by atoms with Gasteiger partial charge in [0.05, 0.1) is 11.9 Å². The maximum atomic E-state index is 6.41. The van der Waals surface area contributed by atoms with Crippen LogP contribution in [0.15, 0.2) is 6.20 Å². The molecule has 1 spiro atoms. The van der Waals surface area contributed by atoms with Crippen molar-refractivity contribution >= 4 is 28.8 Å². The molecule has 1 fully saturated rings. The molecule has 0 radical (unpaired) electrons. The van der Waals surface area contributed by atoms with Crippen LogP contribution in [-0.4, -0.2) is 14.6 Å². The van der Waals surface area contributed by atoms with Crippen molar-refractivity contribution in [2.24, 2.45) is 0 Å². The number of halogens is 2. The Balaban J connectivity index is 2.07. The lowest BCUT2D eigenvalue weighted by Gasteiger charge is -2.38. The van der Waals surface area contributed by atoms with E-state index in [9.17, 15) is 0 Å². The molecular formula is C12H11Cl2N3. The highest BCUT2D eigenvalue weighted by atomic mass is 35.5. The fraction of sp³-hybridized carbons (Fsp3) is 0.500. The zero-order valence-electron chi connectivity index (χ0n) is 9.21. The number of fused-ring (bicyclic) bond motifs is 3. The SMILES string of the molecule is Clc1cnn2c(Cl)c3c(nc12)C1(CCC1)CC3. The standard InChI is InChI=1S/C12H11Cl2N3/c13-8-6-15-17-10(14)7-2-5-12(3-1-4-12)9(7)16-11(8)17/h6H,1-5H2. The third kappa shape index (κ3) is 1.14. The van der Waals surface area contributed by atoms with Gasteiger partial charge in [-0.05, 0) is 25.7 Å². The Bertz CT molecular complexity index is 628. The molecule has 2 heterocycles. The van der Waals surface area contributed by atoms with Crippen LogP contribution < -0.4 is 0 Å². The van der Waals surface area contributed by atoms with Crippen molar-refractivity contribution in [3.05, 3.63) is 27.6 Å². The minimum atomic E-state index is 0.300.